The highest BCUT2D eigenvalue weighted by Crippen LogP contribution is 2.19. The standard InChI is InChI=1S/C23H23FN4O3/c1-2-31-18-9-7-17(8-10-18)25-23(30)28-12-11-20-19(14-28)22(29)27-21(26-20)13-15-3-5-16(24)6-4-15/h3-10H,2,11-14H2,1H3,(H,25,30)(H,26,27,29). The number of rotatable bonds is 5. The Labute approximate surface area is 178 Å². The number of aromatic amines is 1. The Hall–Kier alpha value is -3.68. The van der Waals surface area contributed by atoms with Gasteiger partial charge in [0.15, 0.2) is 0 Å². The number of halogens is 1. The van der Waals surface area contributed by atoms with E-state index < -0.39 is 0 Å². The summed E-state index contributed by atoms with van der Waals surface area (Å²) in [7, 11) is 0. The number of carbonyl (C=O) groups is 1. The van der Waals surface area contributed by atoms with E-state index >= 15 is 0 Å². The molecular formula is C23H23FN4O3. The molecule has 1 aliphatic heterocycles. The lowest BCUT2D eigenvalue weighted by Crippen LogP contribution is -2.42. The van der Waals surface area contributed by atoms with Crippen LogP contribution < -0.4 is 15.6 Å². The largest absolute Gasteiger partial charge is 0.494 e. The minimum atomic E-state index is -0.306. The second-order valence-electron chi connectivity index (χ2n) is 7.30. The van der Waals surface area contributed by atoms with Gasteiger partial charge >= 0.3 is 6.03 Å². The monoisotopic (exact) mass is 422 g/mol. The molecular weight excluding hydrogens is 399 g/mol. The maximum absolute atomic E-state index is 13.1. The Morgan fingerprint density at radius 3 is 2.65 bits per heavy atom. The molecule has 0 fully saturated rings. The Morgan fingerprint density at radius 2 is 1.94 bits per heavy atom. The zero-order valence-electron chi connectivity index (χ0n) is 17.2. The van der Waals surface area contributed by atoms with Gasteiger partial charge < -0.3 is 19.9 Å². The molecule has 2 heterocycles. The quantitative estimate of drug-likeness (QED) is 0.659. The van der Waals surface area contributed by atoms with Crippen LogP contribution in [-0.2, 0) is 19.4 Å². The summed E-state index contributed by atoms with van der Waals surface area (Å²) in [6, 6.07) is 13.0. The molecule has 0 spiro atoms. The summed E-state index contributed by atoms with van der Waals surface area (Å²) in [4.78, 5) is 34.2. The predicted molar refractivity (Wildman–Crippen MR) is 115 cm³/mol. The molecule has 1 aliphatic rings. The van der Waals surface area contributed by atoms with Gasteiger partial charge in [-0.25, -0.2) is 14.2 Å². The summed E-state index contributed by atoms with van der Waals surface area (Å²) in [5, 5.41) is 2.85. The van der Waals surface area contributed by atoms with Gasteiger partial charge in [-0.3, -0.25) is 4.79 Å². The summed E-state index contributed by atoms with van der Waals surface area (Å²) in [6.07, 6.45) is 0.900. The third-order valence-electron chi connectivity index (χ3n) is 5.11. The summed E-state index contributed by atoms with van der Waals surface area (Å²) in [5.41, 5.74) is 2.46. The molecule has 2 aromatic carbocycles. The molecule has 0 saturated carbocycles. The molecule has 2 N–H and O–H groups in total. The number of benzene rings is 2. The van der Waals surface area contributed by atoms with Crippen molar-refractivity contribution in [2.75, 3.05) is 18.5 Å². The molecule has 8 heteroatoms. The Morgan fingerprint density at radius 1 is 1.19 bits per heavy atom. The van der Waals surface area contributed by atoms with Crippen LogP contribution in [0.1, 0.15) is 29.6 Å². The van der Waals surface area contributed by atoms with Crippen molar-refractivity contribution < 1.29 is 13.9 Å². The Bertz CT molecular complexity index is 1130. The van der Waals surface area contributed by atoms with Crippen LogP contribution in [0, 0.1) is 5.82 Å². The zero-order chi connectivity index (χ0) is 21.8. The molecule has 7 nitrogen and oxygen atoms in total. The van der Waals surface area contributed by atoms with Gasteiger partial charge in [0.2, 0.25) is 0 Å². The van der Waals surface area contributed by atoms with Crippen LogP contribution in [0.3, 0.4) is 0 Å². The normalized spacial score (nSPS) is 12.9. The maximum Gasteiger partial charge on any atom is 0.322 e. The fourth-order valence-electron chi connectivity index (χ4n) is 3.53. The van der Waals surface area contributed by atoms with Crippen molar-refractivity contribution in [2.24, 2.45) is 0 Å². The van der Waals surface area contributed by atoms with Crippen molar-refractivity contribution in [3.05, 3.63) is 87.3 Å². The lowest BCUT2D eigenvalue weighted by molar-refractivity contribution is 0.205. The maximum atomic E-state index is 13.1. The van der Waals surface area contributed by atoms with Gasteiger partial charge in [0.05, 0.1) is 24.4 Å². The lowest BCUT2D eigenvalue weighted by atomic mass is 10.1. The molecule has 4 rings (SSSR count). The SMILES string of the molecule is CCOc1ccc(NC(=O)N2CCc3nc(Cc4ccc(F)cc4)[nH]c(=O)c3C2)cc1. The van der Waals surface area contributed by atoms with E-state index in [0.717, 1.165) is 11.3 Å². The lowest BCUT2D eigenvalue weighted by Gasteiger charge is -2.28. The van der Waals surface area contributed by atoms with E-state index in [4.69, 9.17) is 4.74 Å². The van der Waals surface area contributed by atoms with Crippen LogP contribution in [0.15, 0.2) is 53.3 Å². The van der Waals surface area contributed by atoms with Gasteiger partial charge in [-0.05, 0) is 48.9 Å². The molecule has 0 saturated heterocycles. The van der Waals surface area contributed by atoms with Crippen LogP contribution in [0.5, 0.6) is 5.75 Å². The van der Waals surface area contributed by atoms with Crippen molar-refractivity contribution in [1.82, 2.24) is 14.9 Å². The van der Waals surface area contributed by atoms with Crippen molar-refractivity contribution >= 4 is 11.7 Å². The van der Waals surface area contributed by atoms with E-state index in [2.05, 4.69) is 15.3 Å². The average Bonchev–Trinajstić information content (AvgIpc) is 2.77. The predicted octanol–water partition coefficient (Wildman–Crippen LogP) is 3.49. The van der Waals surface area contributed by atoms with Crippen molar-refractivity contribution in [2.45, 2.75) is 26.3 Å². The molecule has 2 amide bonds. The van der Waals surface area contributed by atoms with Crippen molar-refractivity contribution in [3.63, 3.8) is 0 Å². The first-order chi connectivity index (χ1) is 15.0. The van der Waals surface area contributed by atoms with Crippen LogP contribution >= 0.6 is 0 Å². The minimum Gasteiger partial charge on any atom is -0.494 e. The van der Waals surface area contributed by atoms with Crippen LogP contribution in [-0.4, -0.2) is 34.1 Å². The molecule has 31 heavy (non-hydrogen) atoms. The highest BCUT2D eigenvalue weighted by molar-refractivity contribution is 5.89. The van der Waals surface area contributed by atoms with Crippen LogP contribution in [0.4, 0.5) is 14.9 Å². The number of hydrogen-bond acceptors (Lipinski definition) is 4. The average molecular weight is 422 g/mol. The van der Waals surface area contributed by atoms with E-state index in [-0.39, 0.29) is 24.0 Å². The number of anilines is 1. The molecule has 0 radical (unpaired) electrons. The third kappa shape index (κ3) is 4.91. The van der Waals surface area contributed by atoms with Gasteiger partial charge in [-0.15, -0.1) is 0 Å². The number of hydrogen-bond donors (Lipinski definition) is 2. The first kappa shape index (κ1) is 20.6. The number of ether oxygens (including phenoxy) is 1. The third-order valence-corrected chi connectivity index (χ3v) is 5.11. The van der Waals surface area contributed by atoms with Crippen LogP contribution in [0.25, 0.3) is 0 Å². The molecule has 160 valence electrons. The van der Waals surface area contributed by atoms with Crippen molar-refractivity contribution in [1.29, 1.82) is 0 Å². The summed E-state index contributed by atoms with van der Waals surface area (Å²) >= 11 is 0. The number of nitrogens with zero attached hydrogens (tertiary/aromatic N) is 2. The number of carbonyl (C=O) groups excluding carboxylic acids is 1. The number of H-pyrrole nitrogens is 1. The number of urea groups is 1. The summed E-state index contributed by atoms with van der Waals surface area (Å²) < 4.78 is 18.5. The molecule has 0 atom stereocenters. The van der Waals surface area contributed by atoms with E-state index in [1.807, 2.05) is 6.92 Å². The van der Waals surface area contributed by atoms with Gasteiger partial charge in [0.25, 0.3) is 5.56 Å². The molecule has 0 aliphatic carbocycles. The van der Waals surface area contributed by atoms with Gasteiger partial charge in [-0.1, -0.05) is 12.1 Å². The second kappa shape index (κ2) is 8.99. The Balaban J connectivity index is 1.43. The van der Waals surface area contributed by atoms with E-state index in [1.165, 1.54) is 12.1 Å². The van der Waals surface area contributed by atoms with Crippen molar-refractivity contribution in [3.8, 4) is 5.75 Å². The van der Waals surface area contributed by atoms with E-state index in [9.17, 15) is 14.0 Å². The van der Waals surface area contributed by atoms with Gasteiger partial charge in [0.1, 0.15) is 17.4 Å². The van der Waals surface area contributed by atoms with Gasteiger partial charge in [-0.2, -0.15) is 0 Å². The topological polar surface area (TPSA) is 87.3 Å². The van der Waals surface area contributed by atoms with Crippen LogP contribution in [0.2, 0.25) is 0 Å². The number of fused-ring (bicyclic) bond motifs is 1. The molecule has 0 bridgehead atoms. The van der Waals surface area contributed by atoms with E-state index in [1.54, 1.807) is 41.3 Å². The summed E-state index contributed by atoms with van der Waals surface area (Å²) in [6.45, 7) is 3.14. The smallest absolute Gasteiger partial charge is 0.322 e. The summed E-state index contributed by atoms with van der Waals surface area (Å²) in [5.74, 6) is 0.961. The number of aromatic nitrogens is 2. The number of nitrogens with one attached hydrogen (secondary N) is 2. The fraction of sp³-hybridized carbons (Fsp3) is 0.261. The number of amides is 2. The minimum absolute atomic E-state index is 0.192. The first-order valence-corrected chi connectivity index (χ1v) is 10.2. The fourth-order valence-corrected chi connectivity index (χ4v) is 3.53. The molecule has 0 unspecified atom stereocenters. The van der Waals surface area contributed by atoms with Gasteiger partial charge in [0, 0.05) is 25.1 Å². The highest BCUT2D eigenvalue weighted by Gasteiger charge is 2.24. The molecule has 3 aromatic rings. The highest BCUT2D eigenvalue weighted by atomic mass is 19.1. The molecule has 1 aromatic heterocycles. The van der Waals surface area contributed by atoms with E-state index in [0.29, 0.717) is 48.8 Å². The zero-order valence-corrected chi connectivity index (χ0v) is 17.2. The second-order valence-corrected chi connectivity index (χ2v) is 7.30. The first-order valence-electron chi connectivity index (χ1n) is 10.2. The Kier molecular flexibility index (Phi) is 5.97.